The fourth-order valence-electron chi connectivity index (χ4n) is 3.52. The number of hydrogen-bond donors (Lipinski definition) is 3. The van der Waals surface area contributed by atoms with E-state index in [1.165, 1.54) is 11.4 Å². The van der Waals surface area contributed by atoms with Crippen molar-refractivity contribution in [3.8, 4) is 5.75 Å². The van der Waals surface area contributed by atoms with Crippen molar-refractivity contribution in [2.24, 2.45) is 5.92 Å². The maximum atomic E-state index is 12.4. The van der Waals surface area contributed by atoms with Crippen molar-refractivity contribution in [2.45, 2.75) is 26.9 Å². The largest absolute Gasteiger partial charge is 0.497 e. The van der Waals surface area contributed by atoms with Crippen molar-refractivity contribution in [1.82, 2.24) is 0 Å². The summed E-state index contributed by atoms with van der Waals surface area (Å²) in [5.41, 5.74) is 0.799. The minimum absolute atomic E-state index is 0.0363. The number of rotatable bonds is 9. The molecule has 1 saturated heterocycles. The SMILES string of the molecule is CC[NH+](CC(=O)Nc1ccc(OC)cc1)C[C@@H]1C[NH+](CC(C)C)CCO1. The Labute approximate surface area is 157 Å². The van der Waals surface area contributed by atoms with Crippen molar-refractivity contribution in [3.63, 3.8) is 0 Å². The van der Waals surface area contributed by atoms with Crippen LogP contribution >= 0.6 is 0 Å². The highest BCUT2D eigenvalue weighted by molar-refractivity contribution is 5.91. The summed E-state index contributed by atoms with van der Waals surface area (Å²) >= 11 is 0. The Morgan fingerprint density at radius 2 is 2.12 bits per heavy atom. The second-order valence-corrected chi connectivity index (χ2v) is 7.56. The summed E-state index contributed by atoms with van der Waals surface area (Å²) in [7, 11) is 1.63. The molecule has 1 aromatic carbocycles. The standard InChI is InChI=1S/C20H33N3O3/c1-5-22(13-19-14-23(10-11-26-19)12-16(2)3)15-20(24)21-17-6-8-18(25-4)9-7-17/h6-9,16,19H,5,10-15H2,1-4H3,(H,21,24)/p+2/t19-/m1/s1. The third-order valence-corrected chi connectivity index (χ3v) is 4.82. The Balaban J connectivity index is 1.80. The summed E-state index contributed by atoms with van der Waals surface area (Å²) in [6.07, 6.45) is 0.237. The first-order valence-corrected chi connectivity index (χ1v) is 9.72. The van der Waals surface area contributed by atoms with Gasteiger partial charge in [-0.05, 0) is 31.2 Å². The first-order chi connectivity index (χ1) is 12.5. The van der Waals surface area contributed by atoms with E-state index in [1.807, 2.05) is 24.3 Å². The highest BCUT2D eigenvalue weighted by Gasteiger charge is 2.28. The Bertz CT molecular complexity index is 548. The monoisotopic (exact) mass is 365 g/mol. The normalized spacial score (nSPS) is 21.4. The molecule has 1 fully saturated rings. The van der Waals surface area contributed by atoms with E-state index in [4.69, 9.17) is 9.47 Å². The van der Waals surface area contributed by atoms with E-state index in [9.17, 15) is 4.79 Å². The van der Waals surface area contributed by atoms with Gasteiger partial charge in [0.05, 0.1) is 26.8 Å². The highest BCUT2D eigenvalue weighted by Crippen LogP contribution is 2.14. The van der Waals surface area contributed by atoms with Gasteiger partial charge < -0.3 is 24.6 Å². The number of benzene rings is 1. The fraction of sp³-hybridized carbons (Fsp3) is 0.650. The molecule has 3 N–H and O–H groups in total. The zero-order valence-corrected chi connectivity index (χ0v) is 16.6. The molecule has 6 nitrogen and oxygen atoms in total. The molecule has 2 rings (SSSR count). The van der Waals surface area contributed by atoms with E-state index in [0.29, 0.717) is 12.5 Å². The van der Waals surface area contributed by atoms with Crippen LogP contribution < -0.4 is 19.9 Å². The third kappa shape index (κ3) is 6.94. The highest BCUT2D eigenvalue weighted by atomic mass is 16.5. The lowest BCUT2D eigenvalue weighted by Crippen LogP contribution is -3.18. The minimum Gasteiger partial charge on any atom is -0.497 e. The van der Waals surface area contributed by atoms with E-state index < -0.39 is 0 Å². The van der Waals surface area contributed by atoms with Crippen LogP contribution in [0.5, 0.6) is 5.75 Å². The molecule has 0 radical (unpaired) electrons. The molecular formula is C20H35N3O3+2. The second-order valence-electron chi connectivity index (χ2n) is 7.56. The number of morpholine rings is 1. The topological polar surface area (TPSA) is 56.4 Å². The molecule has 26 heavy (non-hydrogen) atoms. The Morgan fingerprint density at radius 3 is 2.73 bits per heavy atom. The van der Waals surface area contributed by atoms with Gasteiger partial charge in [0.1, 0.15) is 25.4 Å². The van der Waals surface area contributed by atoms with Gasteiger partial charge in [-0.1, -0.05) is 13.8 Å². The molecule has 3 atom stereocenters. The van der Waals surface area contributed by atoms with Crippen molar-refractivity contribution >= 4 is 11.6 Å². The van der Waals surface area contributed by atoms with Gasteiger partial charge in [0, 0.05) is 11.6 Å². The summed E-state index contributed by atoms with van der Waals surface area (Å²) in [6.45, 7) is 13.1. The molecule has 1 aromatic rings. The van der Waals surface area contributed by atoms with Gasteiger partial charge in [-0.15, -0.1) is 0 Å². The van der Waals surface area contributed by atoms with E-state index >= 15 is 0 Å². The maximum Gasteiger partial charge on any atom is 0.279 e. The number of likely N-dealkylation sites (N-methyl/N-ethyl adjacent to an activating group) is 1. The number of carbonyl (C=O) groups excluding carboxylic acids is 1. The first-order valence-electron chi connectivity index (χ1n) is 9.72. The van der Waals surface area contributed by atoms with Gasteiger partial charge in [0.15, 0.2) is 12.6 Å². The van der Waals surface area contributed by atoms with Gasteiger partial charge in [0.2, 0.25) is 0 Å². The van der Waals surface area contributed by atoms with Crippen molar-refractivity contribution in [2.75, 3.05) is 58.3 Å². The van der Waals surface area contributed by atoms with E-state index in [1.54, 1.807) is 12.0 Å². The van der Waals surface area contributed by atoms with Crippen molar-refractivity contribution < 1.29 is 24.1 Å². The number of ether oxygens (including phenoxy) is 2. The van der Waals surface area contributed by atoms with Crippen LogP contribution in [-0.2, 0) is 9.53 Å². The summed E-state index contributed by atoms with van der Waals surface area (Å²) in [5, 5.41) is 2.97. The molecule has 0 bridgehead atoms. The van der Waals surface area contributed by atoms with Crippen LogP contribution in [0, 0.1) is 5.92 Å². The molecule has 0 spiro atoms. The van der Waals surface area contributed by atoms with Crippen LogP contribution in [0.3, 0.4) is 0 Å². The average molecular weight is 366 g/mol. The number of amides is 1. The van der Waals surface area contributed by atoms with Gasteiger partial charge >= 0.3 is 0 Å². The predicted molar refractivity (Wildman–Crippen MR) is 103 cm³/mol. The summed E-state index contributed by atoms with van der Waals surface area (Å²) in [5.74, 6) is 1.52. The Morgan fingerprint density at radius 1 is 1.38 bits per heavy atom. The lowest BCUT2D eigenvalue weighted by atomic mass is 10.1. The van der Waals surface area contributed by atoms with Crippen molar-refractivity contribution in [3.05, 3.63) is 24.3 Å². The van der Waals surface area contributed by atoms with Gasteiger partial charge in [-0.3, -0.25) is 4.79 Å². The van der Waals surface area contributed by atoms with E-state index in [2.05, 4.69) is 26.1 Å². The van der Waals surface area contributed by atoms with Crippen molar-refractivity contribution in [1.29, 1.82) is 0 Å². The number of carbonyl (C=O) groups is 1. The van der Waals surface area contributed by atoms with Crippen LogP contribution in [0.1, 0.15) is 20.8 Å². The number of anilines is 1. The second kappa shape index (κ2) is 10.5. The smallest absolute Gasteiger partial charge is 0.279 e. The Hall–Kier alpha value is -1.63. The van der Waals surface area contributed by atoms with Crippen LogP contribution in [0.2, 0.25) is 0 Å². The predicted octanol–water partition coefficient (Wildman–Crippen LogP) is -0.522. The molecule has 2 unspecified atom stereocenters. The quantitative estimate of drug-likeness (QED) is 0.552. The van der Waals surface area contributed by atoms with Crippen LogP contribution in [0.4, 0.5) is 5.69 Å². The molecule has 146 valence electrons. The van der Waals surface area contributed by atoms with Gasteiger partial charge in [-0.25, -0.2) is 0 Å². The lowest BCUT2D eigenvalue weighted by molar-refractivity contribution is -0.931. The van der Waals surface area contributed by atoms with Gasteiger partial charge in [-0.2, -0.15) is 0 Å². The number of quaternary nitrogens is 2. The van der Waals surface area contributed by atoms with Crippen LogP contribution in [0.25, 0.3) is 0 Å². The van der Waals surface area contributed by atoms with Crippen LogP contribution in [-0.4, -0.2) is 65.0 Å². The molecular weight excluding hydrogens is 330 g/mol. The zero-order chi connectivity index (χ0) is 18.9. The van der Waals surface area contributed by atoms with Gasteiger partial charge in [0.25, 0.3) is 5.91 Å². The molecule has 6 heteroatoms. The van der Waals surface area contributed by atoms with E-state index in [-0.39, 0.29) is 12.0 Å². The van der Waals surface area contributed by atoms with Crippen LogP contribution in [0.15, 0.2) is 24.3 Å². The molecule has 1 amide bonds. The minimum atomic E-state index is 0.0363. The Kier molecular flexibility index (Phi) is 8.35. The lowest BCUT2D eigenvalue weighted by Gasteiger charge is -2.32. The zero-order valence-electron chi connectivity index (χ0n) is 16.6. The summed E-state index contributed by atoms with van der Waals surface area (Å²) in [6, 6.07) is 7.42. The van der Waals surface area contributed by atoms with E-state index in [0.717, 1.165) is 44.2 Å². The molecule has 1 aliphatic heterocycles. The molecule has 0 aliphatic carbocycles. The number of nitrogens with one attached hydrogen (secondary N) is 3. The number of hydrogen-bond acceptors (Lipinski definition) is 3. The molecule has 1 heterocycles. The fourth-order valence-corrected chi connectivity index (χ4v) is 3.52. The average Bonchev–Trinajstić information content (AvgIpc) is 2.61. The number of methoxy groups -OCH3 is 1. The molecule has 0 saturated carbocycles. The third-order valence-electron chi connectivity index (χ3n) is 4.82. The molecule has 0 aromatic heterocycles. The maximum absolute atomic E-state index is 12.4. The molecule has 1 aliphatic rings. The summed E-state index contributed by atoms with van der Waals surface area (Å²) < 4.78 is 11.1. The first kappa shape index (κ1) is 20.7. The summed E-state index contributed by atoms with van der Waals surface area (Å²) in [4.78, 5) is 15.3.